The van der Waals surface area contributed by atoms with Crippen molar-refractivity contribution in [1.82, 2.24) is 0 Å². The molecule has 2 heterocycles. The van der Waals surface area contributed by atoms with Crippen molar-refractivity contribution < 1.29 is 23.8 Å². The summed E-state index contributed by atoms with van der Waals surface area (Å²) in [5.74, 6) is 0.595. The number of ether oxygens (including phenoxy) is 2. The number of aromatic nitrogens is 1. The first-order valence-corrected chi connectivity index (χ1v) is 11.3. The maximum Gasteiger partial charge on any atom is 0.309 e. The topological polar surface area (TPSA) is 98.1 Å². The zero-order chi connectivity index (χ0) is 24.8. The lowest BCUT2D eigenvalue weighted by atomic mass is 10.1. The molecule has 0 fully saturated rings. The lowest BCUT2D eigenvalue weighted by Crippen LogP contribution is -2.39. The molecule has 9 nitrogen and oxygen atoms in total. The van der Waals surface area contributed by atoms with Crippen molar-refractivity contribution in [2.45, 2.75) is 18.9 Å². The summed E-state index contributed by atoms with van der Waals surface area (Å²) in [5, 5.41) is 14.8. The fourth-order valence-electron chi connectivity index (χ4n) is 3.97. The van der Waals surface area contributed by atoms with Gasteiger partial charge in [0.05, 0.1) is 52.0 Å². The van der Waals surface area contributed by atoms with Crippen molar-refractivity contribution >= 4 is 34.8 Å². The van der Waals surface area contributed by atoms with Crippen LogP contribution in [0.1, 0.15) is 12.8 Å². The molecule has 4 rings (SSSR count). The zero-order valence-corrected chi connectivity index (χ0v) is 19.7. The molecule has 1 N–H and O–H groups in total. The first kappa shape index (κ1) is 23.9. The van der Waals surface area contributed by atoms with Gasteiger partial charge in [-0.1, -0.05) is 24.3 Å². The van der Waals surface area contributed by atoms with Gasteiger partial charge >= 0.3 is 5.97 Å². The van der Waals surface area contributed by atoms with Crippen LogP contribution in [0.5, 0.6) is 5.75 Å². The molecule has 182 valence electrons. The van der Waals surface area contributed by atoms with Crippen molar-refractivity contribution in [3.63, 3.8) is 0 Å². The predicted molar refractivity (Wildman–Crippen MR) is 133 cm³/mol. The summed E-state index contributed by atoms with van der Waals surface area (Å²) < 4.78 is 11.6. The van der Waals surface area contributed by atoms with Crippen LogP contribution in [0.4, 0.5) is 22.9 Å². The number of hydrogen-bond donors (Lipinski definition) is 1. The van der Waals surface area contributed by atoms with E-state index in [9.17, 15) is 14.8 Å². The first-order chi connectivity index (χ1) is 16.9. The Kier molecular flexibility index (Phi) is 7.35. The van der Waals surface area contributed by atoms with Crippen LogP contribution in [0.15, 0.2) is 72.9 Å². The van der Waals surface area contributed by atoms with Gasteiger partial charge in [-0.3, -0.25) is 14.5 Å². The Morgan fingerprint density at radius 3 is 2.69 bits per heavy atom. The third-order valence-electron chi connectivity index (χ3n) is 5.77. The molecule has 0 aliphatic carbocycles. The van der Waals surface area contributed by atoms with Crippen molar-refractivity contribution in [3.8, 4) is 5.75 Å². The maximum atomic E-state index is 12.6. The number of nitrogens with one attached hydrogen (secondary N) is 1. The number of esters is 1. The number of anilines is 4. The smallest absolute Gasteiger partial charge is 0.309 e. The van der Waals surface area contributed by atoms with Crippen LogP contribution in [0.3, 0.4) is 0 Å². The van der Waals surface area contributed by atoms with Gasteiger partial charge in [0, 0.05) is 17.4 Å². The van der Waals surface area contributed by atoms with E-state index in [-0.39, 0.29) is 30.8 Å². The number of benzene rings is 2. The molecular weight excluding hydrogens is 448 g/mol. The van der Waals surface area contributed by atoms with Gasteiger partial charge in [-0.2, -0.15) is 0 Å². The number of carbonyl (C=O) groups is 2. The second-order valence-corrected chi connectivity index (χ2v) is 8.25. The fraction of sp³-hybridized carbons (Fsp3) is 0.269. The Bertz CT molecular complexity index is 1190. The highest BCUT2D eigenvalue weighted by Gasteiger charge is 2.29. The van der Waals surface area contributed by atoms with E-state index in [1.54, 1.807) is 42.3 Å². The molecule has 3 aromatic rings. The second kappa shape index (κ2) is 10.8. The summed E-state index contributed by atoms with van der Waals surface area (Å²) >= 11 is 0. The monoisotopic (exact) mass is 476 g/mol. The number of carbonyl (C=O) groups excluding carboxylic acids is 2. The van der Waals surface area contributed by atoms with Crippen LogP contribution in [0, 0.1) is 5.21 Å². The van der Waals surface area contributed by atoms with Gasteiger partial charge in [0.25, 0.3) is 5.82 Å². The highest BCUT2D eigenvalue weighted by Crippen LogP contribution is 2.40. The largest absolute Gasteiger partial charge is 0.711 e. The molecule has 1 aliphatic heterocycles. The molecule has 0 bridgehead atoms. The number of para-hydroxylation sites is 1. The second-order valence-electron chi connectivity index (χ2n) is 8.25. The maximum absolute atomic E-state index is 12.6. The lowest BCUT2D eigenvalue weighted by Gasteiger charge is -2.36. The molecule has 1 aromatic heterocycles. The minimum absolute atomic E-state index is 0.135. The van der Waals surface area contributed by atoms with Crippen LogP contribution < -0.4 is 24.6 Å². The molecule has 1 amide bonds. The first-order valence-electron chi connectivity index (χ1n) is 11.3. The quantitative estimate of drug-likeness (QED) is 0.303. The molecule has 1 unspecified atom stereocenters. The summed E-state index contributed by atoms with van der Waals surface area (Å²) in [6.07, 6.45) is 1.40. The standard InChI is InChI=1S/C26H28N4O5/c1-28(25-10-6-7-14-30(25)33)15-13-24(31)27-19-11-12-23-22(16-19)29(20-8-4-3-5-9-20)18-21(35-23)17-26(32)34-2/h3-12,14,16,21H,13,15,17-18H2,1-2H3,(H,27,31). The number of nitrogens with zero attached hydrogens (tertiary/aromatic N) is 3. The number of fused-ring (bicyclic) bond motifs is 1. The number of methoxy groups -OCH3 is 1. The average molecular weight is 477 g/mol. The van der Waals surface area contributed by atoms with E-state index in [1.807, 2.05) is 36.4 Å². The summed E-state index contributed by atoms with van der Waals surface area (Å²) in [7, 11) is 3.13. The van der Waals surface area contributed by atoms with Crippen LogP contribution in [0.25, 0.3) is 0 Å². The van der Waals surface area contributed by atoms with Crippen molar-refractivity contribution in [3.05, 3.63) is 78.1 Å². The Morgan fingerprint density at radius 2 is 1.94 bits per heavy atom. The van der Waals surface area contributed by atoms with E-state index >= 15 is 0 Å². The molecule has 0 radical (unpaired) electrons. The number of rotatable bonds is 8. The van der Waals surface area contributed by atoms with Crippen molar-refractivity contribution in [1.29, 1.82) is 0 Å². The third-order valence-corrected chi connectivity index (χ3v) is 5.77. The molecule has 35 heavy (non-hydrogen) atoms. The Labute approximate surface area is 204 Å². The number of pyridine rings is 1. The molecule has 1 atom stereocenters. The highest BCUT2D eigenvalue weighted by atomic mass is 16.5. The van der Waals surface area contributed by atoms with E-state index in [0.717, 1.165) is 16.1 Å². The van der Waals surface area contributed by atoms with Gasteiger partial charge < -0.3 is 24.9 Å². The molecule has 1 aliphatic rings. The fourth-order valence-corrected chi connectivity index (χ4v) is 3.97. The highest BCUT2D eigenvalue weighted by molar-refractivity contribution is 5.92. The summed E-state index contributed by atoms with van der Waals surface area (Å²) in [6.45, 7) is 0.845. The minimum Gasteiger partial charge on any atom is -0.711 e. The number of amides is 1. The molecule has 2 aromatic carbocycles. The summed E-state index contributed by atoms with van der Waals surface area (Å²) in [4.78, 5) is 28.3. The molecule has 0 saturated heterocycles. The van der Waals surface area contributed by atoms with Crippen LogP contribution in [0.2, 0.25) is 0 Å². The average Bonchev–Trinajstić information content (AvgIpc) is 2.87. The summed E-state index contributed by atoms with van der Waals surface area (Å²) in [5.41, 5.74) is 2.38. The van der Waals surface area contributed by atoms with Crippen LogP contribution in [-0.2, 0) is 14.3 Å². The number of hydrogen-bond acceptors (Lipinski definition) is 7. The normalized spacial score (nSPS) is 14.5. The van der Waals surface area contributed by atoms with E-state index < -0.39 is 0 Å². The Morgan fingerprint density at radius 1 is 1.17 bits per heavy atom. The van der Waals surface area contributed by atoms with Gasteiger partial charge in [0.15, 0.2) is 0 Å². The van der Waals surface area contributed by atoms with Gasteiger partial charge in [0.1, 0.15) is 11.9 Å². The van der Waals surface area contributed by atoms with E-state index in [1.165, 1.54) is 13.3 Å². The van der Waals surface area contributed by atoms with Crippen LogP contribution >= 0.6 is 0 Å². The van der Waals surface area contributed by atoms with Gasteiger partial charge in [0.2, 0.25) is 5.91 Å². The van der Waals surface area contributed by atoms with Gasteiger partial charge in [-0.25, -0.2) is 4.73 Å². The Hall–Kier alpha value is -4.27. The summed E-state index contributed by atoms with van der Waals surface area (Å²) in [6, 6.07) is 20.4. The molecule has 9 heteroatoms. The zero-order valence-electron chi connectivity index (χ0n) is 19.7. The van der Waals surface area contributed by atoms with Gasteiger partial charge in [-0.05, 0) is 36.4 Å². The van der Waals surface area contributed by atoms with Crippen LogP contribution in [-0.4, -0.2) is 45.2 Å². The van der Waals surface area contributed by atoms with E-state index in [2.05, 4.69) is 10.2 Å². The molecule has 0 saturated carbocycles. The molecule has 0 spiro atoms. The van der Waals surface area contributed by atoms with Gasteiger partial charge in [-0.15, -0.1) is 0 Å². The lowest BCUT2D eigenvalue weighted by molar-refractivity contribution is -0.592. The van der Waals surface area contributed by atoms with E-state index in [4.69, 9.17) is 9.47 Å². The minimum atomic E-state index is -0.368. The van der Waals surface area contributed by atoms with E-state index in [0.29, 0.717) is 30.3 Å². The van der Waals surface area contributed by atoms with Crippen molar-refractivity contribution in [2.24, 2.45) is 0 Å². The third kappa shape index (κ3) is 5.81. The predicted octanol–water partition coefficient (Wildman–Crippen LogP) is 3.25. The SMILES string of the molecule is COC(=O)CC1CN(c2ccccc2)c2cc(NC(=O)CCN(C)c3cccc[n+]3[O-])ccc2O1. The molecular formula is C26H28N4O5. The Balaban J connectivity index is 1.47. The van der Waals surface area contributed by atoms with Crippen molar-refractivity contribution in [2.75, 3.05) is 42.4 Å².